The van der Waals surface area contributed by atoms with Crippen LogP contribution >= 0.6 is 15.9 Å². The summed E-state index contributed by atoms with van der Waals surface area (Å²) in [5, 5.41) is 13.5. The lowest BCUT2D eigenvalue weighted by molar-refractivity contribution is -0.151. The van der Waals surface area contributed by atoms with E-state index in [1.165, 1.54) is 4.90 Å². The molecule has 2 aromatic carbocycles. The van der Waals surface area contributed by atoms with E-state index >= 15 is 0 Å². The van der Waals surface area contributed by atoms with Gasteiger partial charge in [-0.15, -0.1) is 13.2 Å². The average Bonchev–Trinajstić information content (AvgIpc) is 3.70. The number of nitrogens with zero attached hydrogens (tertiary/aromatic N) is 2. The largest absolute Gasteiger partial charge is 0.463 e. The summed E-state index contributed by atoms with van der Waals surface area (Å²) in [6.45, 7) is 9.43. The molecule has 0 aromatic heterocycles. The van der Waals surface area contributed by atoms with Crippen molar-refractivity contribution in [1.82, 2.24) is 15.1 Å². The van der Waals surface area contributed by atoms with E-state index in [4.69, 9.17) is 9.47 Å². The maximum Gasteiger partial charge on any atom is 0.306 e. The number of likely N-dealkylation sites (tertiary alicyclic amines) is 1. The number of hydrogen-bond donors (Lipinski definition) is 2. The number of ether oxygens (including phenoxy) is 2. The van der Waals surface area contributed by atoms with E-state index in [1.54, 1.807) is 17.1 Å². The Kier molecular flexibility index (Phi) is 11.5. The van der Waals surface area contributed by atoms with E-state index in [9.17, 15) is 24.3 Å². The zero-order valence-electron chi connectivity index (χ0n) is 27.2. The highest BCUT2D eigenvalue weighted by Crippen LogP contribution is 2.60. The van der Waals surface area contributed by atoms with Crippen LogP contribution in [-0.4, -0.2) is 87.0 Å². The molecule has 3 fully saturated rings. The Balaban J connectivity index is 1.48. The molecule has 3 aliphatic heterocycles. The van der Waals surface area contributed by atoms with Crippen LogP contribution in [0, 0.1) is 11.8 Å². The first-order valence-corrected chi connectivity index (χ1v) is 17.4. The first kappa shape index (κ1) is 35.5. The van der Waals surface area contributed by atoms with Crippen LogP contribution in [0.5, 0.6) is 0 Å². The van der Waals surface area contributed by atoms with Crippen molar-refractivity contribution in [3.05, 3.63) is 97.1 Å². The summed E-state index contributed by atoms with van der Waals surface area (Å²) >= 11 is 3.73. The second-order valence-corrected chi connectivity index (χ2v) is 13.8. The quantitative estimate of drug-likeness (QED) is 0.152. The Hall–Kier alpha value is -3.80. The summed E-state index contributed by atoms with van der Waals surface area (Å²) in [6.07, 6.45) is 3.98. The summed E-state index contributed by atoms with van der Waals surface area (Å²) in [5.41, 5.74) is 0.347. The van der Waals surface area contributed by atoms with Gasteiger partial charge in [0.05, 0.1) is 36.6 Å². The van der Waals surface area contributed by atoms with Crippen molar-refractivity contribution >= 4 is 39.6 Å². The molecule has 1 spiro atoms. The molecule has 0 radical (unpaired) electrons. The number of allylic oxidation sites excluding steroid dienone is 1. The average molecular weight is 723 g/mol. The van der Waals surface area contributed by atoms with E-state index in [0.717, 1.165) is 11.1 Å². The van der Waals surface area contributed by atoms with Gasteiger partial charge in [0.15, 0.2) is 0 Å². The molecule has 0 saturated carbocycles. The lowest BCUT2D eigenvalue weighted by Crippen LogP contribution is -2.58. The Morgan fingerprint density at radius 1 is 1.15 bits per heavy atom. The minimum Gasteiger partial charge on any atom is -0.463 e. The Bertz CT molecular complexity index is 1490. The molecular weight excluding hydrogens is 678 g/mol. The molecule has 1 unspecified atom stereocenters. The van der Waals surface area contributed by atoms with E-state index in [2.05, 4.69) is 34.4 Å². The molecule has 48 heavy (non-hydrogen) atoms. The third-order valence-electron chi connectivity index (χ3n) is 9.70. The van der Waals surface area contributed by atoms with Gasteiger partial charge in [0, 0.05) is 24.3 Å². The number of nitrogens with one attached hydrogen (secondary N) is 1. The zero-order chi connectivity index (χ0) is 34.4. The van der Waals surface area contributed by atoms with Gasteiger partial charge < -0.3 is 29.7 Å². The number of carbonyl (C=O) groups is 4. The van der Waals surface area contributed by atoms with Gasteiger partial charge >= 0.3 is 5.97 Å². The number of halogens is 1. The normalized spacial score (nSPS) is 26.8. The van der Waals surface area contributed by atoms with Gasteiger partial charge in [-0.05, 0) is 30.4 Å². The lowest BCUT2D eigenvalue weighted by atomic mass is 9.70. The van der Waals surface area contributed by atoms with Crippen molar-refractivity contribution in [1.29, 1.82) is 0 Å². The standard InChI is InChI=1S/C37H44BrN3O7/c1-4-7-18-29(43)47-23-28(25-16-12-9-13-17-25)39-34(44)30-31-35(45)41(26(6-3)22-42)33(37(31)20-27(38)32(30)48-37)36(46)40(19-5-2)21-24-14-10-8-11-15-24/h4-5,8-17,26-28,30-33,42H,1-2,6-7,18-23H2,3H3,(H,39,44)/t26-,27?,28+,30+,31-,32+,33+,37-/m0/s1. The van der Waals surface area contributed by atoms with Gasteiger partial charge in [-0.1, -0.05) is 95.7 Å². The first-order chi connectivity index (χ1) is 23.2. The van der Waals surface area contributed by atoms with Crippen LogP contribution < -0.4 is 5.32 Å². The molecule has 3 amide bonds. The van der Waals surface area contributed by atoms with Crippen molar-refractivity contribution in [2.45, 2.75) is 73.8 Å². The number of amides is 3. The van der Waals surface area contributed by atoms with E-state index in [0.29, 0.717) is 19.3 Å². The first-order valence-electron chi connectivity index (χ1n) is 16.5. The van der Waals surface area contributed by atoms with Crippen LogP contribution in [0.4, 0.5) is 0 Å². The molecule has 10 nitrogen and oxygen atoms in total. The summed E-state index contributed by atoms with van der Waals surface area (Å²) in [5.74, 6) is -3.45. The molecule has 8 atom stereocenters. The molecule has 2 N–H and O–H groups in total. The van der Waals surface area contributed by atoms with E-state index in [-0.39, 0.29) is 49.4 Å². The second kappa shape index (κ2) is 15.6. The van der Waals surface area contributed by atoms with Crippen molar-refractivity contribution in [3.8, 4) is 0 Å². The van der Waals surface area contributed by atoms with Crippen LogP contribution in [0.2, 0.25) is 0 Å². The van der Waals surface area contributed by atoms with Gasteiger partial charge in [0.1, 0.15) is 18.2 Å². The van der Waals surface area contributed by atoms with Crippen LogP contribution in [0.1, 0.15) is 49.8 Å². The predicted octanol–water partition coefficient (Wildman–Crippen LogP) is 4.09. The highest BCUT2D eigenvalue weighted by Gasteiger charge is 2.77. The third kappa shape index (κ3) is 6.86. The Morgan fingerprint density at radius 2 is 1.83 bits per heavy atom. The molecule has 256 valence electrons. The molecule has 5 rings (SSSR count). The monoisotopic (exact) mass is 721 g/mol. The zero-order valence-corrected chi connectivity index (χ0v) is 28.8. The topological polar surface area (TPSA) is 125 Å². The van der Waals surface area contributed by atoms with Crippen LogP contribution in [-0.2, 0) is 35.2 Å². The second-order valence-electron chi connectivity index (χ2n) is 12.6. The van der Waals surface area contributed by atoms with Crippen LogP contribution in [0.15, 0.2) is 86.0 Å². The fraction of sp³-hybridized carbons (Fsp3) is 0.459. The fourth-order valence-electron chi connectivity index (χ4n) is 7.46. The molecule has 3 aliphatic rings. The van der Waals surface area contributed by atoms with E-state index in [1.807, 2.05) is 67.6 Å². The molecule has 3 saturated heterocycles. The summed E-state index contributed by atoms with van der Waals surface area (Å²) in [6, 6.07) is 16.3. The Labute approximate surface area is 290 Å². The maximum atomic E-state index is 14.7. The van der Waals surface area contributed by atoms with Gasteiger partial charge in [0.25, 0.3) is 0 Å². The highest BCUT2D eigenvalue weighted by atomic mass is 79.9. The number of esters is 1. The molecule has 3 heterocycles. The number of fused-ring (bicyclic) bond motifs is 1. The number of benzene rings is 2. The van der Waals surface area contributed by atoms with Crippen LogP contribution in [0.3, 0.4) is 0 Å². The van der Waals surface area contributed by atoms with Gasteiger partial charge in [-0.3, -0.25) is 19.2 Å². The van der Waals surface area contributed by atoms with Gasteiger partial charge in [-0.2, -0.15) is 0 Å². The van der Waals surface area contributed by atoms with E-state index < -0.39 is 53.5 Å². The molecular formula is C37H44BrN3O7. The highest BCUT2D eigenvalue weighted by molar-refractivity contribution is 9.09. The number of aliphatic hydroxyl groups excluding tert-OH is 1. The SMILES string of the molecule is C=CCCC(=O)OC[C@@H](NC(=O)[C@H]1[C@@H]2O[C@@]3(CC2Br)[C@@H]1C(=O)N([C@@H](CC)CO)[C@@H]3C(=O)N(CC=C)Cc1ccccc1)c1ccccc1. The smallest absolute Gasteiger partial charge is 0.306 e. The number of hydrogen-bond acceptors (Lipinski definition) is 7. The maximum absolute atomic E-state index is 14.7. The number of rotatable bonds is 16. The molecule has 0 aliphatic carbocycles. The minimum atomic E-state index is -1.30. The number of alkyl halides is 1. The number of carbonyl (C=O) groups excluding carboxylic acids is 4. The Morgan fingerprint density at radius 3 is 2.46 bits per heavy atom. The predicted molar refractivity (Wildman–Crippen MR) is 183 cm³/mol. The van der Waals surface area contributed by atoms with Crippen molar-refractivity contribution in [2.24, 2.45) is 11.8 Å². The van der Waals surface area contributed by atoms with Crippen molar-refractivity contribution in [3.63, 3.8) is 0 Å². The van der Waals surface area contributed by atoms with Crippen molar-refractivity contribution in [2.75, 3.05) is 19.8 Å². The van der Waals surface area contributed by atoms with Gasteiger partial charge in [0.2, 0.25) is 17.7 Å². The minimum absolute atomic E-state index is 0.100. The molecule has 11 heteroatoms. The summed E-state index contributed by atoms with van der Waals surface area (Å²) in [7, 11) is 0. The molecule has 2 bridgehead atoms. The fourth-order valence-corrected chi connectivity index (χ4v) is 8.40. The van der Waals surface area contributed by atoms with Crippen molar-refractivity contribution < 1.29 is 33.8 Å². The van der Waals surface area contributed by atoms with Crippen LogP contribution in [0.25, 0.3) is 0 Å². The number of aliphatic hydroxyl groups is 1. The lowest BCUT2D eigenvalue weighted by Gasteiger charge is -2.39. The summed E-state index contributed by atoms with van der Waals surface area (Å²) < 4.78 is 12.2. The molecule has 2 aromatic rings. The third-order valence-corrected chi connectivity index (χ3v) is 10.5. The van der Waals surface area contributed by atoms with Gasteiger partial charge in [-0.25, -0.2) is 0 Å². The summed E-state index contributed by atoms with van der Waals surface area (Å²) in [4.78, 5) is 58.8.